The second-order valence-corrected chi connectivity index (χ2v) is 7.44. The van der Waals surface area contributed by atoms with Crippen LogP contribution in [0.15, 0.2) is 60.7 Å². The van der Waals surface area contributed by atoms with Crippen molar-refractivity contribution in [3.05, 3.63) is 71.8 Å². The Labute approximate surface area is 198 Å². The molecule has 0 unspecified atom stereocenters. The van der Waals surface area contributed by atoms with Gasteiger partial charge in [0, 0.05) is 13.1 Å². The molecule has 10 nitrogen and oxygen atoms in total. The highest BCUT2D eigenvalue weighted by atomic mass is 16.6. The van der Waals surface area contributed by atoms with Crippen LogP contribution >= 0.6 is 0 Å². The summed E-state index contributed by atoms with van der Waals surface area (Å²) in [5.74, 6) is -0.858. The lowest BCUT2D eigenvalue weighted by Gasteiger charge is -2.16. The van der Waals surface area contributed by atoms with E-state index >= 15 is 0 Å². The maximum atomic E-state index is 12.1. The van der Waals surface area contributed by atoms with Crippen LogP contribution in [0.4, 0.5) is 9.59 Å². The monoisotopic (exact) mass is 470 g/mol. The lowest BCUT2D eigenvalue weighted by molar-refractivity contribution is -0.124. The Morgan fingerprint density at radius 3 is 1.35 bits per heavy atom. The maximum absolute atomic E-state index is 12.1. The molecule has 10 heteroatoms. The zero-order chi connectivity index (χ0) is 24.8. The molecule has 0 saturated heterocycles. The second kappa shape index (κ2) is 14.1. The van der Waals surface area contributed by atoms with Crippen molar-refractivity contribution in [1.82, 2.24) is 21.3 Å². The van der Waals surface area contributed by atoms with E-state index in [0.29, 0.717) is 0 Å². The SMILES string of the molecule is C[C@@H](NC(=O)OCc1ccccc1)C(=O)NCCNC(=O)[C@@H](C)NC(=O)OCc1ccccc1. The fourth-order valence-corrected chi connectivity index (χ4v) is 2.69. The summed E-state index contributed by atoms with van der Waals surface area (Å²) in [6, 6.07) is 16.7. The second-order valence-electron chi connectivity index (χ2n) is 7.44. The highest BCUT2D eigenvalue weighted by Gasteiger charge is 2.18. The first-order valence-corrected chi connectivity index (χ1v) is 10.8. The Morgan fingerprint density at radius 1 is 0.647 bits per heavy atom. The van der Waals surface area contributed by atoms with E-state index < -0.39 is 36.1 Å². The average Bonchev–Trinajstić information content (AvgIpc) is 2.85. The topological polar surface area (TPSA) is 135 Å². The molecule has 0 heterocycles. The molecular formula is C24H30N4O6. The minimum atomic E-state index is -0.820. The first-order chi connectivity index (χ1) is 16.3. The quantitative estimate of drug-likeness (QED) is 0.370. The normalized spacial score (nSPS) is 11.9. The van der Waals surface area contributed by atoms with Crippen LogP contribution in [0.1, 0.15) is 25.0 Å². The Morgan fingerprint density at radius 2 is 1.00 bits per heavy atom. The van der Waals surface area contributed by atoms with E-state index in [4.69, 9.17) is 9.47 Å². The van der Waals surface area contributed by atoms with Gasteiger partial charge in [-0.1, -0.05) is 60.7 Å². The van der Waals surface area contributed by atoms with Crippen molar-refractivity contribution in [3.63, 3.8) is 0 Å². The standard InChI is InChI=1S/C24H30N4O6/c1-17(27-23(31)33-15-19-9-5-3-6-10-19)21(29)25-13-14-26-22(30)18(2)28-24(32)34-16-20-11-7-4-8-12-20/h3-12,17-18H,13-16H2,1-2H3,(H,25,29)(H,26,30)(H,27,31)(H,28,32)/t17-,18-/m1/s1. The maximum Gasteiger partial charge on any atom is 0.408 e. The third kappa shape index (κ3) is 10.0. The van der Waals surface area contributed by atoms with Crippen molar-refractivity contribution in [2.75, 3.05) is 13.1 Å². The predicted molar refractivity (Wildman–Crippen MR) is 124 cm³/mol. The first kappa shape index (κ1) is 26.2. The van der Waals surface area contributed by atoms with Crippen LogP contribution in [0.25, 0.3) is 0 Å². The molecule has 2 atom stereocenters. The molecule has 0 aromatic heterocycles. The summed E-state index contributed by atoms with van der Waals surface area (Å²) >= 11 is 0. The van der Waals surface area contributed by atoms with Gasteiger partial charge >= 0.3 is 12.2 Å². The van der Waals surface area contributed by atoms with Gasteiger partial charge in [0.1, 0.15) is 25.3 Å². The molecule has 2 aromatic carbocycles. The van der Waals surface area contributed by atoms with E-state index in [1.54, 1.807) is 0 Å². The number of hydrogen-bond donors (Lipinski definition) is 4. The van der Waals surface area contributed by atoms with Crippen molar-refractivity contribution in [2.45, 2.75) is 39.1 Å². The van der Waals surface area contributed by atoms with Crippen LogP contribution in [0.2, 0.25) is 0 Å². The van der Waals surface area contributed by atoms with Gasteiger partial charge in [0.15, 0.2) is 0 Å². The molecule has 0 fully saturated rings. The zero-order valence-electron chi connectivity index (χ0n) is 19.2. The molecule has 0 bridgehead atoms. The summed E-state index contributed by atoms with van der Waals surface area (Å²) in [5, 5.41) is 10.1. The molecular weight excluding hydrogens is 440 g/mol. The van der Waals surface area contributed by atoms with E-state index in [2.05, 4.69) is 21.3 Å². The highest BCUT2D eigenvalue weighted by Crippen LogP contribution is 2.01. The number of benzene rings is 2. The van der Waals surface area contributed by atoms with E-state index in [-0.39, 0.29) is 26.3 Å². The fourth-order valence-electron chi connectivity index (χ4n) is 2.69. The molecule has 0 aliphatic rings. The molecule has 0 aliphatic carbocycles. The van der Waals surface area contributed by atoms with Gasteiger partial charge in [-0.2, -0.15) is 0 Å². The minimum absolute atomic E-state index is 0.0963. The third-order valence-electron chi connectivity index (χ3n) is 4.60. The van der Waals surface area contributed by atoms with Crippen LogP contribution in [-0.2, 0) is 32.3 Å². The molecule has 0 radical (unpaired) electrons. The highest BCUT2D eigenvalue weighted by molar-refractivity contribution is 5.86. The number of nitrogens with one attached hydrogen (secondary N) is 4. The van der Waals surface area contributed by atoms with Gasteiger partial charge in [-0.15, -0.1) is 0 Å². The van der Waals surface area contributed by atoms with Gasteiger partial charge in [-0.25, -0.2) is 9.59 Å². The summed E-state index contributed by atoms with van der Waals surface area (Å²) in [5.41, 5.74) is 1.66. The number of alkyl carbamates (subject to hydrolysis) is 2. The van der Waals surface area contributed by atoms with Crippen molar-refractivity contribution in [1.29, 1.82) is 0 Å². The number of ether oxygens (including phenoxy) is 2. The minimum Gasteiger partial charge on any atom is -0.445 e. The van der Waals surface area contributed by atoms with Crippen molar-refractivity contribution >= 4 is 24.0 Å². The summed E-state index contributed by atoms with van der Waals surface area (Å²) in [6.45, 7) is 3.51. The molecule has 4 N–H and O–H groups in total. The van der Waals surface area contributed by atoms with Crippen LogP contribution in [0, 0.1) is 0 Å². The number of amides is 4. The lowest BCUT2D eigenvalue weighted by Crippen LogP contribution is -2.49. The van der Waals surface area contributed by atoms with E-state index in [1.807, 2.05) is 60.7 Å². The van der Waals surface area contributed by atoms with Crippen LogP contribution in [0.3, 0.4) is 0 Å². The first-order valence-electron chi connectivity index (χ1n) is 10.8. The van der Waals surface area contributed by atoms with E-state index in [9.17, 15) is 19.2 Å². The number of hydrogen-bond acceptors (Lipinski definition) is 6. The van der Waals surface area contributed by atoms with Gasteiger partial charge in [0.2, 0.25) is 11.8 Å². The summed E-state index contributed by atoms with van der Waals surface area (Å²) in [4.78, 5) is 47.8. The van der Waals surface area contributed by atoms with Gasteiger partial charge < -0.3 is 30.7 Å². The van der Waals surface area contributed by atoms with Gasteiger partial charge in [-0.3, -0.25) is 9.59 Å². The number of carbonyl (C=O) groups is 4. The molecule has 0 spiro atoms. The molecule has 34 heavy (non-hydrogen) atoms. The van der Waals surface area contributed by atoms with Gasteiger partial charge in [-0.05, 0) is 25.0 Å². The van der Waals surface area contributed by atoms with Crippen molar-refractivity contribution in [2.24, 2.45) is 0 Å². The Hall–Kier alpha value is -4.08. The Kier molecular flexibility index (Phi) is 10.9. The molecule has 182 valence electrons. The van der Waals surface area contributed by atoms with Crippen molar-refractivity contribution < 1.29 is 28.7 Å². The van der Waals surface area contributed by atoms with Crippen LogP contribution in [-0.4, -0.2) is 49.2 Å². The molecule has 4 amide bonds. The summed E-state index contributed by atoms with van der Waals surface area (Å²) < 4.78 is 10.1. The lowest BCUT2D eigenvalue weighted by atomic mass is 10.2. The zero-order valence-corrected chi connectivity index (χ0v) is 19.2. The Balaban J connectivity index is 1.57. The summed E-state index contributed by atoms with van der Waals surface area (Å²) in [7, 11) is 0. The fraction of sp³-hybridized carbons (Fsp3) is 0.333. The molecule has 0 aliphatic heterocycles. The Bertz CT molecular complexity index is 861. The summed E-state index contributed by atoms with van der Waals surface area (Å²) in [6.07, 6.45) is -1.42. The smallest absolute Gasteiger partial charge is 0.408 e. The van der Waals surface area contributed by atoms with Gasteiger partial charge in [0.25, 0.3) is 0 Å². The third-order valence-corrected chi connectivity index (χ3v) is 4.60. The van der Waals surface area contributed by atoms with Crippen LogP contribution < -0.4 is 21.3 Å². The number of carbonyl (C=O) groups excluding carboxylic acids is 4. The van der Waals surface area contributed by atoms with Crippen molar-refractivity contribution in [3.8, 4) is 0 Å². The van der Waals surface area contributed by atoms with E-state index in [0.717, 1.165) is 11.1 Å². The molecule has 0 saturated carbocycles. The van der Waals surface area contributed by atoms with E-state index in [1.165, 1.54) is 13.8 Å². The van der Waals surface area contributed by atoms with Gasteiger partial charge in [0.05, 0.1) is 0 Å². The number of rotatable bonds is 11. The average molecular weight is 471 g/mol. The van der Waals surface area contributed by atoms with Crippen LogP contribution in [0.5, 0.6) is 0 Å². The largest absolute Gasteiger partial charge is 0.445 e. The molecule has 2 aromatic rings. The molecule has 2 rings (SSSR count). The predicted octanol–water partition coefficient (Wildman–Crippen LogP) is 1.85.